The topological polar surface area (TPSA) is 71.3 Å². The minimum absolute atomic E-state index is 0. The van der Waals surface area contributed by atoms with Crippen molar-refractivity contribution in [1.82, 2.24) is 15.1 Å². The molecular weight excluding hydrogens is 392 g/mol. The summed E-state index contributed by atoms with van der Waals surface area (Å²) in [6, 6.07) is 5.38. The maximum atomic E-state index is 13.4. The Hall–Kier alpha value is -2.65. The van der Waals surface area contributed by atoms with Crippen LogP contribution in [0.15, 0.2) is 28.7 Å². The molecular formula is C19H24F4N4O2. The Kier molecular flexibility index (Phi) is 5.81. The van der Waals surface area contributed by atoms with E-state index in [0.717, 1.165) is 0 Å². The van der Waals surface area contributed by atoms with Gasteiger partial charge in [0.25, 0.3) is 12.3 Å². The van der Waals surface area contributed by atoms with Gasteiger partial charge in [0.05, 0.1) is 12.0 Å². The molecule has 1 atom stereocenters. The molecule has 1 saturated carbocycles. The second kappa shape index (κ2) is 8.00. The average molecular weight is 416 g/mol. The van der Waals surface area contributed by atoms with Crippen molar-refractivity contribution in [3.8, 4) is 11.5 Å². The number of carbonyl (C=O) groups excluding carboxylic acids is 1. The number of likely N-dealkylation sites (tertiary alicyclic amines) is 1. The molecule has 1 aliphatic heterocycles. The normalized spacial score (nSPS) is 21.8. The molecule has 0 radical (unpaired) electrons. The van der Waals surface area contributed by atoms with E-state index in [1.54, 1.807) is 0 Å². The highest BCUT2D eigenvalue weighted by atomic mass is 19.3. The number of amides is 1. The molecule has 1 N–H and O–H groups in total. The van der Waals surface area contributed by atoms with E-state index in [-0.39, 0.29) is 44.3 Å². The Morgan fingerprint density at radius 2 is 1.93 bits per heavy atom. The second-order valence-corrected chi connectivity index (χ2v) is 6.92. The summed E-state index contributed by atoms with van der Waals surface area (Å²) in [4.78, 5) is 13.6. The van der Waals surface area contributed by atoms with Crippen molar-refractivity contribution in [2.45, 2.75) is 39.0 Å². The molecule has 1 aromatic heterocycles. The highest BCUT2D eigenvalue weighted by Crippen LogP contribution is 2.64. The highest BCUT2D eigenvalue weighted by Gasteiger charge is 2.72. The monoisotopic (exact) mass is 416 g/mol. The number of hydrogen-bond donors (Lipinski definition) is 1. The maximum Gasteiger partial charge on any atom is 0.316 e. The van der Waals surface area contributed by atoms with E-state index in [9.17, 15) is 22.4 Å². The largest absolute Gasteiger partial charge is 0.403 e. The van der Waals surface area contributed by atoms with E-state index >= 15 is 0 Å². The fourth-order valence-corrected chi connectivity index (χ4v) is 3.35. The lowest BCUT2D eigenvalue weighted by atomic mass is 10.1. The fourth-order valence-electron chi connectivity index (χ4n) is 3.35. The van der Waals surface area contributed by atoms with Gasteiger partial charge in [-0.3, -0.25) is 4.79 Å². The average Bonchev–Trinajstić information content (AvgIpc) is 3.13. The van der Waals surface area contributed by atoms with Crippen molar-refractivity contribution >= 4 is 11.9 Å². The van der Waals surface area contributed by atoms with Gasteiger partial charge in [0.15, 0.2) is 0 Å². The third-order valence-corrected chi connectivity index (χ3v) is 5.14. The van der Waals surface area contributed by atoms with Crippen LogP contribution < -0.4 is 5.32 Å². The first kappa shape index (κ1) is 21.1. The lowest BCUT2D eigenvalue weighted by molar-refractivity contribution is -0.128. The Labute approximate surface area is 166 Å². The number of carbonyl (C=O) groups is 1. The molecule has 6 nitrogen and oxygen atoms in total. The number of aromatic nitrogens is 2. The summed E-state index contributed by atoms with van der Waals surface area (Å²) in [5, 5.41) is 10.2. The summed E-state index contributed by atoms with van der Waals surface area (Å²) < 4.78 is 57.3. The van der Waals surface area contributed by atoms with Gasteiger partial charge in [-0.05, 0) is 18.6 Å². The number of alkyl halides is 4. The Morgan fingerprint density at radius 1 is 1.28 bits per heavy atom. The molecule has 10 heteroatoms. The Balaban J connectivity index is 0.00000104. The van der Waals surface area contributed by atoms with Crippen molar-refractivity contribution in [3.05, 3.63) is 29.8 Å². The van der Waals surface area contributed by atoms with Crippen LogP contribution in [0.3, 0.4) is 0 Å². The van der Waals surface area contributed by atoms with Crippen molar-refractivity contribution in [2.24, 2.45) is 5.41 Å². The quantitative estimate of drug-likeness (QED) is 0.721. The molecule has 1 aliphatic carbocycles. The first-order valence-corrected chi connectivity index (χ1v) is 9.41. The van der Waals surface area contributed by atoms with Gasteiger partial charge in [0, 0.05) is 32.1 Å². The van der Waals surface area contributed by atoms with E-state index in [0.29, 0.717) is 18.5 Å². The van der Waals surface area contributed by atoms with Crippen molar-refractivity contribution < 1.29 is 28.2 Å². The second-order valence-electron chi connectivity index (χ2n) is 6.92. The highest BCUT2D eigenvalue weighted by molar-refractivity contribution is 5.80. The van der Waals surface area contributed by atoms with Gasteiger partial charge in [0.1, 0.15) is 0 Å². The van der Waals surface area contributed by atoms with E-state index in [1.807, 2.05) is 13.8 Å². The molecule has 1 aromatic carbocycles. The number of nitrogens with one attached hydrogen (secondary N) is 1. The predicted molar refractivity (Wildman–Crippen MR) is 99.8 cm³/mol. The van der Waals surface area contributed by atoms with Gasteiger partial charge in [-0.15, -0.1) is 5.10 Å². The molecule has 2 aromatic rings. The Bertz CT molecular complexity index is 862. The number of anilines is 1. The summed E-state index contributed by atoms with van der Waals surface area (Å²) in [5.41, 5.74) is -0.694. The number of nitrogens with zero attached hydrogens (tertiary/aromatic N) is 3. The number of halogens is 4. The molecule has 4 rings (SSSR count). The third-order valence-electron chi connectivity index (χ3n) is 5.14. The van der Waals surface area contributed by atoms with Crippen LogP contribution in [0, 0.1) is 5.41 Å². The molecule has 29 heavy (non-hydrogen) atoms. The summed E-state index contributed by atoms with van der Waals surface area (Å²) >= 11 is 0. The molecule has 160 valence electrons. The molecule has 0 bridgehead atoms. The van der Waals surface area contributed by atoms with Crippen LogP contribution in [0.1, 0.15) is 40.1 Å². The van der Waals surface area contributed by atoms with E-state index in [4.69, 9.17) is 4.42 Å². The number of hydrogen-bond acceptors (Lipinski definition) is 5. The van der Waals surface area contributed by atoms with E-state index in [1.165, 1.54) is 29.2 Å². The smallest absolute Gasteiger partial charge is 0.316 e. The lowest BCUT2D eigenvalue weighted by Gasteiger charge is -2.16. The van der Waals surface area contributed by atoms with E-state index < -0.39 is 17.8 Å². The zero-order chi connectivity index (χ0) is 21.2. The zero-order valence-electron chi connectivity index (χ0n) is 16.1. The molecule has 2 heterocycles. The van der Waals surface area contributed by atoms with Crippen molar-refractivity contribution in [1.29, 1.82) is 0 Å². The van der Waals surface area contributed by atoms with Crippen LogP contribution in [0.4, 0.5) is 23.6 Å². The summed E-state index contributed by atoms with van der Waals surface area (Å²) in [7, 11) is 0. The number of benzene rings is 1. The minimum atomic E-state index is -2.67. The van der Waals surface area contributed by atoms with Gasteiger partial charge < -0.3 is 14.6 Å². The van der Waals surface area contributed by atoms with E-state index in [2.05, 4.69) is 15.5 Å². The summed E-state index contributed by atoms with van der Waals surface area (Å²) in [6.07, 6.45) is -2.41. The van der Waals surface area contributed by atoms with Crippen LogP contribution in [-0.2, 0) is 4.79 Å². The molecule has 1 spiro atoms. The first-order chi connectivity index (χ1) is 13.8. The van der Waals surface area contributed by atoms with Gasteiger partial charge in [-0.2, -0.15) is 0 Å². The van der Waals surface area contributed by atoms with Crippen LogP contribution in [0.2, 0.25) is 0 Å². The summed E-state index contributed by atoms with van der Waals surface area (Å²) in [5.74, 6) is -2.88. The first-order valence-electron chi connectivity index (χ1n) is 9.41. The van der Waals surface area contributed by atoms with Gasteiger partial charge in [-0.25, -0.2) is 17.6 Å². The molecule has 2 fully saturated rings. The van der Waals surface area contributed by atoms with Crippen LogP contribution >= 0.6 is 0 Å². The molecule has 1 saturated heterocycles. The molecule has 2 aliphatic rings. The lowest BCUT2D eigenvalue weighted by Crippen LogP contribution is -2.34. The van der Waals surface area contributed by atoms with Crippen LogP contribution in [0.25, 0.3) is 11.5 Å². The predicted octanol–water partition coefficient (Wildman–Crippen LogP) is 4.62. The standard InChI is InChI=1S/C17H16F4N4O2.C2H6.H2/c18-13(19)10-1-3-11(4-2-10)14-23-24-15(27-14)22-7-12(26)25-6-5-16(9-25)8-17(16,20)21;1-2;/h1-4,13H,5-9H2,(H,22,24);1-2H3;1H/t16-;;/m0../s1. The maximum absolute atomic E-state index is 13.4. The fraction of sp³-hybridized carbons (Fsp3) is 0.526. The summed E-state index contributed by atoms with van der Waals surface area (Å²) in [6.45, 7) is 4.21. The van der Waals surface area contributed by atoms with Gasteiger partial charge >= 0.3 is 6.01 Å². The van der Waals surface area contributed by atoms with Gasteiger partial charge in [0.2, 0.25) is 11.8 Å². The zero-order valence-corrected chi connectivity index (χ0v) is 16.1. The van der Waals surface area contributed by atoms with Crippen LogP contribution in [-0.4, -0.2) is 46.6 Å². The number of rotatable bonds is 5. The van der Waals surface area contributed by atoms with Crippen molar-refractivity contribution in [2.75, 3.05) is 25.0 Å². The van der Waals surface area contributed by atoms with Crippen LogP contribution in [0.5, 0.6) is 0 Å². The SMILES string of the molecule is CC.O=C(CNc1nnc(-c2ccc(C(F)F)cc2)o1)N1CC[C@@]2(C1)CC2(F)F.[HH]. The third kappa shape index (κ3) is 4.20. The Morgan fingerprint density at radius 3 is 2.48 bits per heavy atom. The van der Waals surface area contributed by atoms with Crippen molar-refractivity contribution in [3.63, 3.8) is 0 Å². The molecule has 0 unspecified atom stereocenters. The van der Waals surface area contributed by atoms with Gasteiger partial charge in [-0.1, -0.05) is 31.1 Å². The molecule has 1 amide bonds. The minimum Gasteiger partial charge on any atom is -0.403 e.